The molecule has 0 aliphatic heterocycles. The van der Waals surface area contributed by atoms with Crippen LogP contribution in [0.25, 0.3) is 0 Å². The normalized spacial score (nSPS) is 10.3. The molecule has 0 unspecified atom stereocenters. The van der Waals surface area contributed by atoms with Crippen LogP contribution in [-0.4, -0.2) is 36.6 Å². The summed E-state index contributed by atoms with van der Waals surface area (Å²) in [5, 5.41) is 11.4. The molecule has 134 valence electrons. The maximum Gasteiger partial charge on any atom is 0.314 e. The van der Waals surface area contributed by atoms with Gasteiger partial charge in [0.2, 0.25) is 0 Å². The molecule has 0 aliphatic carbocycles. The molecule has 0 atom stereocenters. The Morgan fingerprint density at radius 2 is 1.72 bits per heavy atom. The first-order valence-electron chi connectivity index (χ1n) is 8.38. The third-order valence-corrected chi connectivity index (χ3v) is 4.62. The van der Waals surface area contributed by atoms with E-state index >= 15 is 0 Å². The second kappa shape index (κ2) is 9.78. The average molecular weight is 360 g/mol. The Labute approximate surface area is 152 Å². The Bertz CT molecular complexity index is 697. The number of thiazole rings is 1. The van der Waals surface area contributed by atoms with Crippen molar-refractivity contribution in [2.24, 2.45) is 0 Å². The van der Waals surface area contributed by atoms with E-state index in [1.165, 1.54) is 0 Å². The third kappa shape index (κ3) is 6.54. The lowest BCUT2D eigenvalue weighted by atomic mass is 10.1. The van der Waals surface area contributed by atoms with Gasteiger partial charge in [0.15, 0.2) is 0 Å². The lowest BCUT2D eigenvalue weighted by molar-refractivity contribution is 0.0954. The molecule has 6 nitrogen and oxygen atoms in total. The minimum Gasteiger partial charge on any atom is -0.350 e. The molecule has 1 aromatic carbocycles. The number of urea groups is 1. The highest BCUT2D eigenvalue weighted by Crippen LogP contribution is 2.10. The first kappa shape index (κ1) is 18.9. The van der Waals surface area contributed by atoms with Crippen LogP contribution in [-0.2, 0) is 12.8 Å². The molecule has 0 bridgehead atoms. The maximum atomic E-state index is 11.9. The minimum absolute atomic E-state index is 0.141. The topological polar surface area (TPSA) is 83.1 Å². The Morgan fingerprint density at radius 3 is 2.40 bits per heavy atom. The van der Waals surface area contributed by atoms with Crippen molar-refractivity contribution in [3.05, 3.63) is 51.5 Å². The van der Waals surface area contributed by atoms with Gasteiger partial charge in [-0.15, -0.1) is 11.3 Å². The highest BCUT2D eigenvalue weighted by Gasteiger charge is 2.05. The minimum atomic E-state index is -0.240. The summed E-state index contributed by atoms with van der Waals surface area (Å²) in [5.74, 6) is -0.141. The molecule has 3 amide bonds. The van der Waals surface area contributed by atoms with Crippen LogP contribution in [0.2, 0.25) is 0 Å². The van der Waals surface area contributed by atoms with Crippen LogP contribution >= 0.6 is 11.3 Å². The van der Waals surface area contributed by atoms with Crippen LogP contribution in [0.4, 0.5) is 4.79 Å². The molecule has 0 fully saturated rings. The van der Waals surface area contributed by atoms with Crippen molar-refractivity contribution >= 4 is 23.3 Å². The van der Waals surface area contributed by atoms with Gasteiger partial charge < -0.3 is 16.0 Å². The first-order chi connectivity index (χ1) is 12.1. The summed E-state index contributed by atoms with van der Waals surface area (Å²) in [6.07, 6.45) is 1.65. The van der Waals surface area contributed by atoms with Crippen molar-refractivity contribution in [1.82, 2.24) is 20.9 Å². The number of nitrogens with zero attached hydrogens (tertiary/aromatic N) is 1. The summed E-state index contributed by atoms with van der Waals surface area (Å²) in [4.78, 5) is 28.1. The number of aryl methyl sites for hydroxylation is 2. The van der Waals surface area contributed by atoms with Gasteiger partial charge in [0.1, 0.15) is 0 Å². The van der Waals surface area contributed by atoms with E-state index in [9.17, 15) is 9.59 Å². The summed E-state index contributed by atoms with van der Waals surface area (Å²) in [5.41, 5.74) is 2.73. The second-order valence-electron chi connectivity index (χ2n) is 5.64. The zero-order valence-corrected chi connectivity index (χ0v) is 15.4. The first-order valence-corrected chi connectivity index (χ1v) is 9.26. The molecule has 0 saturated heterocycles. The van der Waals surface area contributed by atoms with Crippen LogP contribution in [0.15, 0.2) is 29.6 Å². The SMILES string of the molecule is CCc1nc(CCNC(=O)NCCNC(=O)c2ccc(C)cc2)cs1. The van der Waals surface area contributed by atoms with E-state index in [2.05, 4.69) is 27.9 Å². The third-order valence-electron chi connectivity index (χ3n) is 3.58. The molecule has 2 rings (SSSR count). The van der Waals surface area contributed by atoms with E-state index in [1.54, 1.807) is 23.5 Å². The zero-order chi connectivity index (χ0) is 18.1. The van der Waals surface area contributed by atoms with Crippen molar-refractivity contribution in [2.45, 2.75) is 26.7 Å². The molecule has 3 N–H and O–H groups in total. The summed E-state index contributed by atoms with van der Waals surface area (Å²) in [6.45, 7) is 5.34. The van der Waals surface area contributed by atoms with Crippen molar-refractivity contribution in [3.63, 3.8) is 0 Å². The number of hydrogen-bond acceptors (Lipinski definition) is 4. The van der Waals surface area contributed by atoms with Crippen LogP contribution in [0.5, 0.6) is 0 Å². The van der Waals surface area contributed by atoms with E-state index < -0.39 is 0 Å². The van der Waals surface area contributed by atoms with Gasteiger partial charge in [0.05, 0.1) is 10.7 Å². The highest BCUT2D eigenvalue weighted by atomic mass is 32.1. The number of carbonyl (C=O) groups is 2. The largest absolute Gasteiger partial charge is 0.350 e. The van der Waals surface area contributed by atoms with Crippen LogP contribution in [0, 0.1) is 6.92 Å². The maximum absolute atomic E-state index is 11.9. The van der Waals surface area contributed by atoms with E-state index in [1.807, 2.05) is 24.4 Å². The van der Waals surface area contributed by atoms with Gasteiger partial charge in [-0.25, -0.2) is 9.78 Å². The number of benzene rings is 1. The van der Waals surface area contributed by atoms with E-state index in [4.69, 9.17) is 0 Å². The van der Waals surface area contributed by atoms with Crippen molar-refractivity contribution in [2.75, 3.05) is 19.6 Å². The molecule has 0 radical (unpaired) electrons. The number of rotatable bonds is 8. The zero-order valence-electron chi connectivity index (χ0n) is 14.6. The molecule has 2 aromatic rings. The number of amides is 3. The van der Waals surface area contributed by atoms with Gasteiger partial charge in [0.25, 0.3) is 5.91 Å². The lowest BCUT2D eigenvalue weighted by Crippen LogP contribution is -2.40. The molecular weight excluding hydrogens is 336 g/mol. The number of carbonyl (C=O) groups excluding carboxylic acids is 2. The van der Waals surface area contributed by atoms with Gasteiger partial charge >= 0.3 is 6.03 Å². The predicted molar refractivity (Wildman–Crippen MR) is 100 cm³/mol. The lowest BCUT2D eigenvalue weighted by Gasteiger charge is -2.08. The monoisotopic (exact) mass is 360 g/mol. The number of aromatic nitrogens is 1. The standard InChI is InChI=1S/C18H24N4O2S/c1-3-16-22-15(12-25-16)8-9-20-18(24)21-11-10-19-17(23)14-6-4-13(2)5-7-14/h4-7,12H,3,8-11H2,1-2H3,(H,19,23)(H2,20,21,24). The van der Waals surface area contributed by atoms with Gasteiger partial charge in [0, 0.05) is 37.0 Å². The Morgan fingerprint density at radius 1 is 1.04 bits per heavy atom. The van der Waals surface area contributed by atoms with Crippen LogP contribution < -0.4 is 16.0 Å². The van der Waals surface area contributed by atoms with E-state index in [0.29, 0.717) is 31.6 Å². The van der Waals surface area contributed by atoms with Crippen molar-refractivity contribution < 1.29 is 9.59 Å². The summed E-state index contributed by atoms with van der Waals surface area (Å²) >= 11 is 1.65. The van der Waals surface area contributed by atoms with Crippen molar-refractivity contribution in [3.8, 4) is 0 Å². The molecule has 7 heteroatoms. The molecule has 0 aliphatic rings. The van der Waals surface area contributed by atoms with Crippen molar-refractivity contribution in [1.29, 1.82) is 0 Å². The van der Waals surface area contributed by atoms with E-state index in [-0.39, 0.29) is 11.9 Å². The molecule has 1 aromatic heterocycles. The predicted octanol–water partition coefficient (Wildman–Crippen LogP) is 2.29. The summed E-state index contributed by atoms with van der Waals surface area (Å²) < 4.78 is 0. The quantitative estimate of drug-likeness (QED) is 0.632. The fourth-order valence-electron chi connectivity index (χ4n) is 2.15. The second-order valence-corrected chi connectivity index (χ2v) is 6.58. The van der Waals surface area contributed by atoms with Crippen LogP contribution in [0.3, 0.4) is 0 Å². The van der Waals surface area contributed by atoms with E-state index in [0.717, 1.165) is 22.7 Å². The van der Waals surface area contributed by atoms with Gasteiger partial charge in [-0.05, 0) is 25.5 Å². The Hall–Kier alpha value is -2.41. The summed E-state index contributed by atoms with van der Waals surface area (Å²) in [7, 11) is 0. The average Bonchev–Trinajstić information content (AvgIpc) is 3.07. The number of nitrogens with one attached hydrogen (secondary N) is 3. The molecule has 0 saturated carbocycles. The fraction of sp³-hybridized carbons (Fsp3) is 0.389. The Kier molecular flexibility index (Phi) is 7.40. The highest BCUT2D eigenvalue weighted by molar-refractivity contribution is 7.09. The fourth-order valence-corrected chi connectivity index (χ4v) is 2.93. The van der Waals surface area contributed by atoms with Crippen LogP contribution in [0.1, 0.15) is 33.5 Å². The van der Waals surface area contributed by atoms with Gasteiger partial charge in [-0.2, -0.15) is 0 Å². The summed E-state index contributed by atoms with van der Waals surface area (Å²) in [6, 6.07) is 7.12. The number of hydrogen-bond donors (Lipinski definition) is 3. The van der Waals surface area contributed by atoms with Gasteiger partial charge in [-0.1, -0.05) is 24.6 Å². The smallest absolute Gasteiger partial charge is 0.314 e. The van der Waals surface area contributed by atoms with Gasteiger partial charge in [-0.3, -0.25) is 4.79 Å². The molecule has 1 heterocycles. The Balaban J connectivity index is 1.57. The molecular formula is C18H24N4O2S. The molecule has 25 heavy (non-hydrogen) atoms. The molecule has 0 spiro atoms.